The summed E-state index contributed by atoms with van der Waals surface area (Å²) in [6, 6.07) is 13.1. The lowest BCUT2D eigenvalue weighted by atomic mass is 9.86. The van der Waals surface area contributed by atoms with E-state index < -0.39 is 0 Å². The Morgan fingerprint density at radius 2 is 1.72 bits per heavy atom. The average Bonchev–Trinajstić information content (AvgIpc) is 2.77. The van der Waals surface area contributed by atoms with E-state index in [-0.39, 0.29) is 11.9 Å². The minimum absolute atomic E-state index is 0.128. The highest BCUT2D eigenvalue weighted by molar-refractivity contribution is 6.35. The SMILES string of the molecule is CN(C)c1nc(NCC2CCC(NC(=O)c3cc(Cl)cc(Cl)c3)CC2)nc2ccccc12. The van der Waals surface area contributed by atoms with Crippen LogP contribution in [0.4, 0.5) is 11.8 Å². The zero-order chi connectivity index (χ0) is 22.7. The van der Waals surface area contributed by atoms with Crippen LogP contribution >= 0.6 is 23.2 Å². The highest BCUT2D eigenvalue weighted by atomic mass is 35.5. The standard InChI is InChI=1S/C24H27Cl2N5O/c1-31(2)22-20-5-3-4-6-21(20)29-24(30-22)27-14-15-7-9-19(10-8-15)28-23(32)16-11-17(25)13-18(26)12-16/h3-6,11-13,15,19H,7-10,14H2,1-2H3,(H,28,32)(H,27,29,30). The van der Waals surface area contributed by atoms with Crippen molar-refractivity contribution in [3.63, 3.8) is 0 Å². The fourth-order valence-corrected chi connectivity index (χ4v) is 4.71. The van der Waals surface area contributed by atoms with Crippen LogP contribution in [-0.2, 0) is 0 Å². The Morgan fingerprint density at radius 3 is 2.41 bits per heavy atom. The largest absolute Gasteiger partial charge is 0.362 e. The molecule has 0 bridgehead atoms. The van der Waals surface area contributed by atoms with Crippen LogP contribution in [0.25, 0.3) is 10.9 Å². The van der Waals surface area contributed by atoms with E-state index in [1.54, 1.807) is 18.2 Å². The summed E-state index contributed by atoms with van der Waals surface area (Å²) in [5.74, 6) is 1.95. The van der Waals surface area contributed by atoms with E-state index >= 15 is 0 Å². The van der Waals surface area contributed by atoms with Crippen molar-refractivity contribution >= 4 is 51.8 Å². The molecule has 0 atom stereocenters. The number of nitrogens with one attached hydrogen (secondary N) is 2. The summed E-state index contributed by atoms with van der Waals surface area (Å²) in [6.07, 6.45) is 3.94. The number of nitrogens with zero attached hydrogens (tertiary/aromatic N) is 3. The Bertz CT molecular complexity index is 1090. The number of para-hydroxylation sites is 1. The monoisotopic (exact) mass is 471 g/mol. The first-order valence-corrected chi connectivity index (χ1v) is 11.6. The Balaban J connectivity index is 1.31. The molecule has 1 saturated carbocycles. The number of aromatic nitrogens is 2. The van der Waals surface area contributed by atoms with Crippen LogP contribution in [-0.4, -0.2) is 42.6 Å². The number of anilines is 2. The maximum atomic E-state index is 12.5. The number of carbonyl (C=O) groups is 1. The van der Waals surface area contributed by atoms with E-state index in [2.05, 4.69) is 15.6 Å². The predicted octanol–water partition coefficient (Wildman–Crippen LogP) is 5.40. The van der Waals surface area contributed by atoms with Crippen LogP contribution in [0.2, 0.25) is 10.0 Å². The number of amides is 1. The van der Waals surface area contributed by atoms with Crippen molar-refractivity contribution in [3.8, 4) is 0 Å². The molecule has 0 aliphatic heterocycles. The van der Waals surface area contributed by atoms with Crippen LogP contribution in [0.15, 0.2) is 42.5 Å². The summed E-state index contributed by atoms with van der Waals surface area (Å²) in [5.41, 5.74) is 1.43. The average molecular weight is 472 g/mol. The molecule has 1 fully saturated rings. The minimum Gasteiger partial charge on any atom is -0.362 e. The van der Waals surface area contributed by atoms with Crippen molar-refractivity contribution in [2.45, 2.75) is 31.7 Å². The molecule has 1 heterocycles. The molecule has 0 radical (unpaired) electrons. The molecule has 2 aromatic carbocycles. The molecule has 3 aromatic rings. The Hall–Kier alpha value is -2.57. The van der Waals surface area contributed by atoms with Crippen molar-refractivity contribution in [1.82, 2.24) is 15.3 Å². The Kier molecular flexibility index (Phi) is 7.01. The van der Waals surface area contributed by atoms with Gasteiger partial charge < -0.3 is 15.5 Å². The van der Waals surface area contributed by atoms with E-state index in [9.17, 15) is 4.79 Å². The zero-order valence-electron chi connectivity index (χ0n) is 18.2. The predicted molar refractivity (Wildman–Crippen MR) is 132 cm³/mol. The molecule has 4 rings (SSSR count). The summed E-state index contributed by atoms with van der Waals surface area (Å²) >= 11 is 12.0. The smallest absolute Gasteiger partial charge is 0.251 e. The van der Waals surface area contributed by atoms with Gasteiger partial charge in [-0.05, 0) is 61.9 Å². The summed E-state index contributed by atoms with van der Waals surface area (Å²) < 4.78 is 0. The van der Waals surface area contributed by atoms with Crippen molar-refractivity contribution in [1.29, 1.82) is 0 Å². The molecule has 1 aromatic heterocycles. The van der Waals surface area contributed by atoms with Gasteiger partial charge >= 0.3 is 0 Å². The number of hydrogen-bond acceptors (Lipinski definition) is 5. The molecule has 1 aliphatic carbocycles. The number of benzene rings is 2. The van der Waals surface area contributed by atoms with E-state index in [0.717, 1.165) is 48.9 Å². The lowest BCUT2D eigenvalue weighted by Crippen LogP contribution is -2.38. The van der Waals surface area contributed by atoms with Crippen LogP contribution in [0.3, 0.4) is 0 Å². The maximum Gasteiger partial charge on any atom is 0.251 e. The van der Waals surface area contributed by atoms with Gasteiger partial charge in [-0.2, -0.15) is 4.98 Å². The molecule has 0 saturated heterocycles. The second kappa shape index (κ2) is 9.92. The molecule has 8 heteroatoms. The van der Waals surface area contributed by atoms with Crippen molar-refractivity contribution in [2.75, 3.05) is 30.9 Å². The minimum atomic E-state index is -0.128. The van der Waals surface area contributed by atoms with Crippen LogP contribution in [0.5, 0.6) is 0 Å². The molecule has 2 N–H and O–H groups in total. The topological polar surface area (TPSA) is 70.2 Å². The van der Waals surface area contributed by atoms with Crippen molar-refractivity contribution < 1.29 is 4.79 Å². The highest BCUT2D eigenvalue weighted by Crippen LogP contribution is 2.27. The quantitative estimate of drug-likeness (QED) is 0.503. The normalized spacial score (nSPS) is 18.4. The van der Waals surface area contributed by atoms with Crippen molar-refractivity contribution in [2.24, 2.45) is 5.92 Å². The molecule has 1 amide bonds. The van der Waals surface area contributed by atoms with Gasteiger partial charge in [-0.15, -0.1) is 0 Å². The van der Waals surface area contributed by atoms with Gasteiger partial charge in [0.1, 0.15) is 5.82 Å². The first kappa shape index (κ1) is 22.6. The molecule has 32 heavy (non-hydrogen) atoms. The Morgan fingerprint density at radius 1 is 1.03 bits per heavy atom. The number of halogens is 2. The summed E-state index contributed by atoms with van der Waals surface area (Å²) in [4.78, 5) is 23.9. The van der Waals surface area contributed by atoms with Gasteiger partial charge in [0.2, 0.25) is 5.95 Å². The van der Waals surface area contributed by atoms with Gasteiger partial charge in [0.05, 0.1) is 5.52 Å². The molecule has 1 aliphatic rings. The third-order valence-corrected chi connectivity index (χ3v) is 6.30. The summed E-state index contributed by atoms with van der Waals surface area (Å²) in [7, 11) is 3.98. The van der Waals surface area contributed by atoms with E-state index in [1.807, 2.05) is 43.3 Å². The molecule has 168 valence electrons. The lowest BCUT2D eigenvalue weighted by Gasteiger charge is -2.29. The number of fused-ring (bicyclic) bond motifs is 1. The first-order valence-electron chi connectivity index (χ1n) is 10.8. The summed E-state index contributed by atoms with van der Waals surface area (Å²) in [6.45, 7) is 0.815. The van der Waals surface area contributed by atoms with Gasteiger partial charge in [-0.25, -0.2) is 4.98 Å². The Labute approximate surface area is 198 Å². The molecular formula is C24H27Cl2N5O. The van der Waals surface area contributed by atoms with Gasteiger partial charge in [0, 0.05) is 47.7 Å². The second-order valence-electron chi connectivity index (χ2n) is 8.51. The fourth-order valence-electron chi connectivity index (χ4n) is 4.18. The third kappa shape index (κ3) is 5.43. The maximum absolute atomic E-state index is 12.5. The van der Waals surface area contributed by atoms with Crippen LogP contribution in [0.1, 0.15) is 36.0 Å². The van der Waals surface area contributed by atoms with Gasteiger partial charge in [-0.1, -0.05) is 35.3 Å². The van der Waals surface area contributed by atoms with E-state index in [1.165, 1.54) is 0 Å². The van der Waals surface area contributed by atoms with E-state index in [4.69, 9.17) is 28.2 Å². The van der Waals surface area contributed by atoms with Gasteiger partial charge in [-0.3, -0.25) is 4.79 Å². The van der Waals surface area contributed by atoms with Crippen LogP contribution in [0, 0.1) is 5.92 Å². The number of rotatable bonds is 6. The second-order valence-corrected chi connectivity index (χ2v) is 9.39. The molecular weight excluding hydrogens is 445 g/mol. The molecule has 0 unspecified atom stereocenters. The van der Waals surface area contributed by atoms with Crippen LogP contribution < -0.4 is 15.5 Å². The zero-order valence-corrected chi connectivity index (χ0v) is 19.7. The van der Waals surface area contributed by atoms with Gasteiger partial charge in [0.15, 0.2) is 0 Å². The third-order valence-electron chi connectivity index (χ3n) is 5.86. The van der Waals surface area contributed by atoms with E-state index in [0.29, 0.717) is 27.5 Å². The lowest BCUT2D eigenvalue weighted by molar-refractivity contribution is 0.0922. The summed E-state index contributed by atoms with van der Waals surface area (Å²) in [5, 5.41) is 8.52. The highest BCUT2D eigenvalue weighted by Gasteiger charge is 2.23. The first-order chi connectivity index (χ1) is 15.4. The molecule has 6 nitrogen and oxygen atoms in total. The molecule has 0 spiro atoms. The van der Waals surface area contributed by atoms with Gasteiger partial charge in [0.25, 0.3) is 5.91 Å². The fraction of sp³-hybridized carbons (Fsp3) is 0.375. The number of carbonyl (C=O) groups excluding carboxylic acids is 1. The van der Waals surface area contributed by atoms with Crippen molar-refractivity contribution in [3.05, 3.63) is 58.1 Å². The number of hydrogen-bond donors (Lipinski definition) is 2.